The zero-order valence-electron chi connectivity index (χ0n) is 10.6. The van der Waals surface area contributed by atoms with Gasteiger partial charge in [-0.3, -0.25) is 4.79 Å². The van der Waals surface area contributed by atoms with Crippen LogP contribution in [0, 0.1) is 11.8 Å². The fourth-order valence-electron chi connectivity index (χ4n) is 2.60. The third-order valence-corrected chi connectivity index (χ3v) is 3.70. The van der Waals surface area contributed by atoms with E-state index >= 15 is 0 Å². The number of nitrogens with two attached hydrogens (primary N) is 1. The highest BCUT2D eigenvalue weighted by Gasteiger charge is 2.31. The molecule has 0 spiro atoms. The Bertz CT molecular complexity index is 470. The van der Waals surface area contributed by atoms with E-state index in [0.29, 0.717) is 12.2 Å². The molecule has 1 saturated carbocycles. The number of hydrogen-bond donors (Lipinski definition) is 3. The highest BCUT2D eigenvalue weighted by Crippen LogP contribution is 2.31. The Balaban J connectivity index is 2.00. The first-order valence-corrected chi connectivity index (χ1v) is 6.46. The summed E-state index contributed by atoms with van der Waals surface area (Å²) in [6.45, 7) is 0.538. The van der Waals surface area contributed by atoms with E-state index in [0.717, 1.165) is 19.3 Å². The molecule has 5 heteroatoms. The van der Waals surface area contributed by atoms with E-state index in [-0.39, 0.29) is 23.3 Å². The number of amides is 1. The third-order valence-electron chi connectivity index (χ3n) is 3.70. The van der Waals surface area contributed by atoms with Crippen molar-refractivity contribution in [3.8, 4) is 0 Å². The predicted molar refractivity (Wildman–Crippen MR) is 71.9 cm³/mol. The number of carboxylic acid groups (broad SMARTS) is 1. The molecular formula is C14H18N2O3. The van der Waals surface area contributed by atoms with Gasteiger partial charge in [0, 0.05) is 11.6 Å². The maximum absolute atomic E-state index is 12.1. The zero-order valence-corrected chi connectivity index (χ0v) is 10.6. The third kappa shape index (κ3) is 3.12. The minimum absolute atomic E-state index is 0.0176. The average Bonchev–Trinajstić information content (AvgIpc) is 2.87. The molecule has 1 aliphatic carbocycles. The lowest BCUT2D eigenvalue weighted by atomic mass is 9.95. The van der Waals surface area contributed by atoms with Gasteiger partial charge in [-0.15, -0.1) is 0 Å². The first kappa shape index (κ1) is 13.5. The van der Waals surface area contributed by atoms with Crippen molar-refractivity contribution in [1.82, 2.24) is 0 Å². The fraction of sp³-hybridized carbons (Fsp3) is 0.429. The lowest BCUT2D eigenvalue weighted by Gasteiger charge is -2.17. The molecule has 0 heterocycles. The van der Waals surface area contributed by atoms with Crippen LogP contribution in [0.5, 0.6) is 0 Å². The van der Waals surface area contributed by atoms with E-state index in [9.17, 15) is 9.59 Å². The smallest absolute Gasteiger partial charge is 0.335 e. The van der Waals surface area contributed by atoms with Crippen molar-refractivity contribution in [2.75, 3.05) is 11.9 Å². The molecule has 0 aliphatic heterocycles. The van der Waals surface area contributed by atoms with Crippen LogP contribution < -0.4 is 11.1 Å². The van der Waals surface area contributed by atoms with Crippen LogP contribution in [0.2, 0.25) is 0 Å². The normalized spacial score (nSPS) is 22.2. The summed E-state index contributed by atoms with van der Waals surface area (Å²) in [4.78, 5) is 22.8. The van der Waals surface area contributed by atoms with Crippen molar-refractivity contribution >= 4 is 17.6 Å². The summed E-state index contributed by atoms with van der Waals surface area (Å²) >= 11 is 0. The van der Waals surface area contributed by atoms with E-state index in [4.69, 9.17) is 10.8 Å². The van der Waals surface area contributed by atoms with E-state index in [2.05, 4.69) is 5.32 Å². The molecule has 1 aromatic rings. The van der Waals surface area contributed by atoms with Gasteiger partial charge in [-0.05, 0) is 49.6 Å². The lowest BCUT2D eigenvalue weighted by Crippen LogP contribution is -2.29. The molecule has 0 aromatic heterocycles. The van der Waals surface area contributed by atoms with Crippen molar-refractivity contribution < 1.29 is 14.7 Å². The predicted octanol–water partition coefficient (Wildman–Crippen LogP) is 1.70. The second kappa shape index (κ2) is 5.84. The van der Waals surface area contributed by atoms with Crippen LogP contribution in [-0.4, -0.2) is 23.5 Å². The molecule has 2 unspecified atom stereocenters. The molecule has 1 fully saturated rings. The molecule has 4 N–H and O–H groups in total. The van der Waals surface area contributed by atoms with E-state index in [1.165, 1.54) is 12.1 Å². The summed E-state index contributed by atoms with van der Waals surface area (Å²) in [6.07, 6.45) is 2.92. The first-order chi connectivity index (χ1) is 9.11. The maximum Gasteiger partial charge on any atom is 0.335 e. The summed E-state index contributed by atoms with van der Waals surface area (Å²) in [5.74, 6) is -0.754. The van der Waals surface area contributed by atoms with Crippen LogP contribution >= 0.6 is 0 Å². The van der Waals surface area contributed by atoms with Crippen LogP contribution in [0.25, 0.3) is 0 Å². The van der Waals surface area contributed by atoms with E-state index in [1.54, 1.807) is 12.1 Å². The van der Waals surface area contributed by atoms with Gasteiger partial charge in [0.1, 0.15) is 0 Å². The standard InChI is InChI=1S/C14H18N2O3/c15-8-10-2-1-3-12(10)13(17)16-11-6-4-9(5-7-11)14(18)19/h4-7,10,12H,1-3,8,15H2,(H,16,17)(H,18,19). The number of carbonyl (C=O) groups is 2. The van der Waals surface area contributed by atoms with Gasteiger partial charge < -0.3 is 16.2 Å². The number of benzene rings is 1. The Kier molecular flexibility index (Phi) is 4.16. The first-order valence-electron chi connectivity index (χ1n) is 6.46. The molecule has 1 aliphatic rings. The van der Waals surface area contributed by atoms with Gasteiger partial charge in [-0.25, -0.2) is 4.79 Å². The minimum Gasteiger partial charge on any atom is -0.478 e. The molecule has 5 nitrogen and oxygen atoms in total. The minimum atomic E-state index is -0.975. The second-order valence-electron chi connectivity index (χ2n) is 4.90. The molecular weight excluding hydrogens is 244 g/mol. The van der Waals surface area contributed by atoms with Gasteiger partial charge in [0.25, 0.3) is 0 Å². The highest BCUT2D eigenvalue weighted by atomic mass is 16.4. The number of anilines is 1. The Morgan fingerprint density at radius 2 is 1.95 bits per heavy atom. The Labute approximate surface area is 111 Å². The molecule has 2 atom stereocenters. The van der Waals surface area contributed by atoms with Gasteiger partial charge in [-0.1, -0.05) is 6.42 Å². The second-order valence-corrected chi connectivity index (χ2v) is 4.90. The summed E-state index contributed by atoms with van der Waals surface area (Å²) in [5, 5.41) is 11.6. The van der Waals surface area contributed by atoms with Crippen molar-refractivity contribution in [2.45, 2.75) is 19.3 Å². The monoisotopic (exact) mass is 262 g/mol. The number of nitrogens with one attached hydrogen (secondary N) is 1. The van der Waals surface area contributed by atoms with Crippen LogP contribution in [0.15, 0.2) is 24.3 Å². The van der Waals surface area contributed by atoms with Gasteiger partial charge in [0.15, 0.2) is 0 Å². The van der Waals surface area contributed by atoms with Gasteiger partial charge in [0.2, 0.25) is 5.91 Å². The lowest BCUT2D eigenvalue weighted by molar-refractivity contribution is -0.120. The number of carboxylic acids is 1. The molecule has 2 rings (SSSR count). The van der Waals surface area contributed by atoms with Crippen molar-refractivity contribution in [3.63, 3.8) is 0 Å². The quantitative estimate of drug-likeness (QED) is 0.770. The van der Waals surface area contributed by atoms with Gasteiger partial charge in [-0.2, -0.15) is 0 Å². The van der Waals surface area contributed by atoms with Crippen LogP contribution in [0.3, 0.4) is 0 Å². The number of hydrogen-bond acceptors (Lipinski definition) is 3. The highest BCUT2D eigenvalue weighted by molar-refractivity contribution is 5.94. The molecule has 0 saturated heterocycles. The summed E-state index contributed by atoms with van der Waals surface area (Å²) < 4.78 is 0. The Hall–Kier alpha value is -1.88. The fourth-order valence-corrected chi connectivity index (χ4v) is 2.60. The topological polar surface area (TPSA) is 92.4 Å². The Morgan fingerprint density at radius 3 is 2.53 bits per heavy atom. The number of carbonyl (C=O) groups excluding carboxylic acids is 1. The average molecular weight is 262 g/mol. The molecule has 1 amide bonds. The summed E-state index contributed by atoms with van der Waals surface area (Å²) in [6, 6.07) is 6.17. The maximum atomic E-state index is 12.1. The van der Waals surface area contributed by atoms with Gasteiger partial charge >= 0.3 is 5.97 Å². The molecule has 102 valence electrons. The molecule has 1 aromatic carbocycles. The van der Waals surface area contributed by atoms with E-state index in [1.807, 2.05) is 0 Å². The van der Waals surface area contributed by atoms with Crippen molar-refractivity contribution in [1.29, 1.82) is 0 Å². The summed E-state index contributed by atoms with van der Waals surface area (Å²) in [7, 11) is 0. The summed E-state index contributed by atoms with van der Waals surface area (Å²) in [5.41, 5.74) is 6.49. The van der Waals surface area contributed by atoms with Crippen LogP contribution in [-0.2, 0) is 4.79 Å². The molecule has 19 heavy (non-hydrogen) atoms. The van der Waals surface area contributed by atoms with Crippen molar-refractivity contribution in [3.05, 3.63) is 29.8 Å². The number of aromatic carboxylic acids is 1. The Morgan fingerprint density at radius 1 is 1.26 bits per heavy atom. The largest absolute Gasteiger partial charge is 0.478 e. The molecule has 0 bridgehead atoms. The zero-order chi connectivity index (χ0) is 13.8. The van der Waals surface area contributed by atoms with Crippen LogP contribution in [0.4, 0.5) is 5.69 Å². The molecule has 0 radical (unpaired) electrons. The van der Waals surface area contributed by atoms with E-state index < -0.39 is 5.97 Å². The number of rotatable bonds is 4. The van der Waals surface area contributed by atoms with Gasteiger partial charge in [0.05, 0.1) is 5.56 Å². The van der Waals surface area contributed by atoms with Crippen LogP contribution in [0.1, 0.15) is 29.6 Å². The van der Waals surface area contributed by atoms with Crippen molar-refractivity contribution in [2.24, 2.45) is 17.6 Å². The SMILES string of the molecule is NCC1CCCC1C(=O)Nc1ccc(C(=O)O)cc1.